The van der Waals surface area contributed by atoms with E-state index in [1.165, 1.54) is 16.7 Å². The summed E-state index contributed by atoms with van der Waals surface area (Å²) in [6.45, 7) is 10.4. The summed E-state index contributed by atoms with van der Waals surface area (Å²) in [6, 6.07) is 6.43. The van der Waals surface area contributed by atoms with E-state index in [0.717, 1.165) is 25.9 Å². The molecule has 2 rings (SSSR count). The van der Waals surface area contributed by atoms with E-state index in [1.807, 2.05) is 0 Å². The molecule has 21 heavy (non-hydrogen) atoms. The smallest absolute Gasteiger partial charge is 0.225 e. The van der Waals surface area contributed by atoms with E-state index >= 15 is 0 Å². The lowest BCUT2D eigenvalue weighted by atomic mass is 9.88. The maximum Gasteiger partial charge on any atom is 0.225 e. The van der Waals surface area contributed by atoms with E-state index in [9.17, 15) is 4.79 Å². The van der Waals surface area contributed by atoms with Crippen LogP contribution in [0, 0.1) is 19.8 Å². The van der Waals surface area contributed by atoms with E-state index in [1.54, 1.807) is 0 Å². The number of nitrogens with zero attached hydrogens (tertiary/aromatic N) is 1. The van der Waals surface area contributed by atoms with Gasteiger partial charge < -0.3 is 10.2 Å². The molecule has 1 saturated heterocycles. The van der Waals surface area contributed by atoms with Gasteiger partial charge in [0.15, 0.2) is 0 Å². The summed E-state index contributed by atoms with van der Waals surface area (Å²) in [5, 5.41) is 3.26. The topological polar surface area (TPSA) is 32.3 Å². The number of carbonyl (C=O) groups is 1. The van der Waals surface area contributed by atoms with Crippen molar-refractivity contribution in [2.24, 2.45) is 5.92 Å². The second kappa shape index (κ2) is 6.18. The molecule has 1 atom stereocenters. The van der Waals surface area contributed by atoms with Crippen LogP contribution in [0.15, 0.2) is 18.2 Å². The van der Waals surface area contributed by atoms with Gasteiger partial charge in [-0.1, -0.05) is 23.8 Å². The van der Waals surface area contributed by atoms with E-state index in [-0.39, 0.29) is 17.4 Å². The van der Waals surface area contributed by atoms with Gasteiger partial charge in [0.2, 0.25) is 5.91 Å². The number of rotatable bonds is 3. The van der Waals surface area contributed by atoms with E-state index < -0.39 is 0 Å². The van der Waals surface area contributed by atoms with Crippen LogP contribution < -0.4 is 5.32 Å². The Bertz CT molecular complexity index is 522. The Hall–Kier alpha value is -1.35. The fourth-order valence-electron chi connectivity index (χ4n) is 3.37. The summed E-state index contributed by atoms with van der Waals surface area (Å²) in [5.41, 5.74) is 3.36. The quantitative estimate of drug-likeness (QED) is 0.927. The monoisotopic (exact) mass is 288 g/mol. The van der Waals surface area contributed by atoms with Crippen LogP contribution in [0.4, 0.5) is 0 Å². The number of hydrogen-bond acceptors (Lipinski definition) is 2. The predicted molar refractivity (Wildman–Crippen MR) is 87.3 cm³/mol. The number of benzene rings is 1. The van der Waals surface area contributed by atoms with Crippen molar-refractivity contribution in [2.45, 2.75) is 46.1 Å². The highest BCUT2D eigenvalue weighted by molar-refractivity contribution is 5.80. The van der Waals surface area contributed by atoms with Gasteiger partial charge >= 0.3 is 0 Å². The Morgan fingerprint density at radius 1 is 1.33 bits per heavy atom. The lowest BCUT2D eigenvalue weighted by Gasteiger charge is -2.34. The highest BCUT2D eigenvalue weighted by Gasteiger charge is 2.30. The number of hydrogen-bond donors (Lipinski definition) is 1. The molecular formula is C18H28N2O. The van der Waals surface area contributed by atoms with Gasteiger partial charge in [0.1, 0.15) is 0 Å². The van der Waals surface area contributed by atoms with E-state index in [4.69, 9.17) is 0 Å². The van der Waals surface area contributed by atoms with Crippen LogP contribution in [0.2, 0.25) is 0 Å². The number of carbonyl (C=O) groups excluding carboxylic acids is 1. The molecule has 1 amide bonds. The highest BCUT2D eigenvalue weighted by atomic mass is 16.2. The van der Waals surface area contributed by atoms with Crippen molar-refractivity contribution >= 4 is 5.91 Å². The summed E-state index contributed by atoms with van der Waals surface area (Å²) >= 11 is 0. The average molecular weight is 288 g/mol. The SMILES string of the molecule is Cc1ccc(C(C)(C)NC(=O)C2CCCN(C)C2)c(C)c1. The molecule has 1 fully saturated rings. The third-order valence-corrected chi connectivity index (χ3v) is 4.49. The summed E-state index contributed by atoms with van der Waals surface area (Å²) in [6.07, 6.45) is 2.11. The molecule has 0 bridgehead atoms. The van der Waals surface area contributed by atoms with Crippen molar-refractivity contribution in [3.63, 3.8) is 0 Å². The summed E-state index contributed by atoms with van der Waals surface area (Å²) in [4.78, 5) is 14.8. The van der Waals surface area contributed by atoms with Crippen molar-refractivity contribution in [1.29, 1.82) is 0 Å². The molecule has 3 nitrogen and oxygen atoms in total. The Labute approximate surface area is 128 Å². The Kier molecular flexibility index (Phi) is 4.72. The maximum absolute atomic E-state index is 12.6. The predicted octanol–water partition coefficient (Wildman–Crippen LogP) is 3.00. The van der Waals surface area contributed by atoms with Crippen LogP contribution in [0.3, 0.4) is 0 Å². The lowest BCUT2D eigenvalue weighted by Crippen LogP contribution is -2.48. The second-order valence-electron chi connectivity index (χ2n) is 7.03. The van der Waals surface area contributed by atoms with E-state index in [2.05, 4.69) is 63.2 Å². The van der Waals surface area contributed by atoms with Gasteiger partial charge in [0.05, 0.1) is 11.5 Å². The molecule has 1 heterocycles. The summed E-state index contributed by atoms with van der Waals surface area (Å²) < 4.78 is 0. The van der Waals surface area contributed by atoms with Gasteiger partial charge in [-0.05, 0) is 65.3 Å². The van der Waals surface area contributed by atoms with Gasteiger partial charge in [0, 0.05) is 6.54 Å². The largest absolute Gasteiger partial charge is 0.347 e. The third-order valence-electron chi connectivity index (χ3n) is 4.49. The zero-order valence-corrected chi connectivity index (χ0v) is 14.0. The first kappa shape index (κ1) is 16.0. The highest BCUT2D eigenvalue weighted by Crippen LogP contribution is 2.26. The summed E-state index contributed by atoms with van der Waals surface area (Å²) in [5.74, 6) is 0.306. The number of likely N-dealkylation sites (tertiary alicyclic amines) is 1. The van der Waals surface area contributed by atoms with Crippen LogP contribution in [0.25, 0.3) is 0 Å². The second-order valence-corrected chi connectivity index (χ2v) is 7.03. The third kappa shape index (κ3) is 3.85. The first-order chi connectivity index (χ1) is 9.79. The zero-order valence-electron chi connectivity index (χ0n) is 14.0. The minimum Gasteiger partial charge on any atom is -0.347 e. The van der Waals surface area contributed by atoms with Gasteiger partial charge in [-0.3, -0.25) is 4.79 Å². The number of aryl methyl sites for hydroxylation is 2. The van der Waals surface area contributed by atoms with Gasteiger partial charge in [-0.2, -0.15) is 0 Å². The van der Waals surface area contributed by atoms with Crippen LogP contribution in [0.5, 0.6) is 0 Å². The minimum atomic E-state index is -0.328. The zero-order chi connectivity index (χ0) is 15.6. The minimum absolute atomic E-state index is 0.119. The molecule has 1 N–H and O–H groups in total. The van der Waals surface area contributed by atoms with Crippen molar-refractivity contribution in [2.75, 3.05) is 20.1 Å². The molecule has 1 unspecified atom stereocenters. The number of nitrogens with one attached hydrogen (secondary N) is 1. The van der Waals surface area contributed by atoms with Gasteiger partial charge in [-0.15, -0.1) is 0 Å². The Balaban J connectivity index is 2.11. The normalized spacial score (nSPS) is 20.3. The van der Waals surface area contributed by atoms with Crippen molar-refractivity contribution < 1.29 is 4.79 Å². The maximum atomic E-state index is 12.6. The van der Waals surface area contributed by atoms with Crippen LogP contribution in [-0.4, -0.2) is 30.9 Å². The lowest BCUT2D eigenvalue weighted by molar-refractivity contribution is -0.128. The molecule has 0 aromatic heterocycles. The van der Waals surface area contributed by atoms with Gasteiger partial charge in [-0.25, -0.2) is 0 Å². The molecule has 0 saturated carbocycles. The molecule has 1 aromatic rings. The Morgan fingerprint density at radius 2 is 2.05 bits per heavy atom. The molecule has 0 spiro atoms. The van der Waals surface area contributed by atoms with Crippen molar-refractivity contribution in [3.05, 3.63) is 34.9 Å². The first-order valence-electron chi connectivity index (χ1n) is 7.88. The molecular weight excluding hydrogens is 260 g/mol. The van der Waals surface area contributed by atoms with E-state index in [0.29, 0.717) is 0 Å². The number of piperidine rings is 1. The van der Waals surface area contributed by atoms with Crippen molar-refractivity contribution in [3.8, 4) is 0 Å². The fourth-order valence-corrected chi connectivity index (χ4v) is 3.37. The molecule has 3 heteroatoms. The molecule has 1 aliphatic heterocycles. The van der Waals surface area contributed by atoms with Crippen LogP contribution in [0.1, 0.15) is 43.4 Å². The van der Waals surface area contributed by atoms with Crippen LogP contribution in [-0.2, 0) is 10.3 Å². The molecule has 1 aliphatic rings. The van der Waals surface area contributed by atoms with Crippen LogP contribution >= 0.6 is 0 Å². The molecule has 1 aromatic carbocycles. The standard InChI is InChI=1S/C18H28N2O/c1-13-8-9-16(14(2)11-13)18(3,4)19-17(21)15-7-6-10-20(5)12-15/h8-9,11,15H,6-7,10,12H2,1-5H3,(H,19,21). The molecule has 116 valence electrons. The summed E-state index contributed by atoms with van der Waals surface area (Å²) in [7, 11) is 2.09. The number of amides is 1. The Morgan fingerprint density at radius 3 is 2.67 bits per heavy atom. The van der Waals surface area contributed by atoms with Gasteiger partial charge in [0.25, 0.3) is 0 Å². The van der Waals surface area contributed by atoms with Crippen molar-refractivity contribution in [1.82, 2.24) is 10.2 Å². The molecule has 0 aliphatic carbocycles. The molecule has 0 radical (unpaired) electrons. The first-order valence-corrected chi connectivity index (χ1v) is 7.88. The average Bonchev–Trinajstić information content (AvgIpc) is 2.37. The fraction of sp³-hybridized carbons (Fsp3) is 0.611.